The van der Waals surface area contributed by atoms with Gasteiger partial charge < -0.3 is 10.1 Å². The van der Waals surface area contributed by atoms with Crippen LogP contribution in [0.15, 0.2) is 18.2 Å². The average Bonchev–Trinajstić information content (AvgIpc) is 2.45. The number of hydrogen-bond donors (Lipinski definition) is 1. The van der Waals surface area contributed by atoms with Gasteiger partial charge >= 0.3 is 6.18 Å². The molecule has 8 heteroatoms. The molecule has 1 saturated heterocycles. The van der Waals surface area contributed by atoms with E-state index in [-0.39, 0.29) is 30.7 Å². The predicted molar refractivity (Wildman–Crippen MR) is 75.1 cm³/mol. The predicted octanol–water partition coefficient (Wildman–Crippen LogP) is 2.18. The van der Waals surface area contributed by atoms with Crippen molar-refractivity contribution in [3.63, 3.8) is 0 Å². The van der Waals surface area contributed by atoms with Gasteiger partial charge in [-0.1, -0.05) is 6.07 Å². The maximum Gasteiger partial charge on any atom is 0.416 e. The number of amides is 1. The number of hydrogen-bond acceptors (Lipinski definition) is 3. The number of rotatable bonds is 4. The van der Waals surface area contributed by atoms with E-state index in [1.807, 2.05) is 11.8 Å². The highest BCUT2D eigenvalue weighted by atomic mass is 19.4. The Morgan fingerprint density at radius 2 is 2.17 bits per heavy atom. The van der Waals surface area contributed by atoms with E-state index in [2.05, 4.69) is 5.32 Å². The van der Waals surface area contributed by atoms with Gasteiger partial charge in [0.15, 0.2) is 0 Å². The summed E-state index contributed by atoms with van der Waals surface area (Å²) >= 11 is 0. The monoisotopic (exact) mass is 334 g/mol. The molecule has 1 fully saturated rings. The lowest BCUT2D eigenvalue weighted by atomic mass is 10.1. The van der Waals surface area contributed by atoms with Crippen molar-refractivity contribution in [1.29, 1.82) is 0 Å². The van der Waals surface area contributed by atoms with Crippen LogP contribution in [0.4, 0.5) is 17.6 Å². The fourth-order valence-corrected chi connectivity index (χ4v) is 2.45. The highest BCUT2D eigenvalue weighted by Gasteiger charge is 2.33. The van der Waals surface area contributed by atoms with Crippen LogP contribution in [0.1, 0.15) is 18.1 Å². The van der Waals surface area contributed by atoms with Gasteiger partial charge in [-0.25, -0.2) is 4.39 Å². The third kappa shape index (κ3) is 5.18. The van der Waals surface area contributed by atoms with Gasteiger partial charge in [-0.3, -0.25) is 9.69 Å². The maximum atomic E-state index is 13.0. The first kappa shape index (κ1) is 17.7. The van der Waals surface area contributed by atoms with Crippen molar-refractivity contribution < 1.29 is 27.1 Å². The van der Waals surface area contributed by atoms with Gasteiger partial charge in [0.1, 0.15) is 5.82 Å². The van der Waals surface area contributed by atoms with Crippen molar-refractivity contribution in [3.05, 3.63) is 35.1 Å². The lowest BCUT2D eigenvalue weighted by Gasteiger charge is -2.30. The van der Waals surface area contributed by atoms with Crippen molar-refractivity contribution in [2.24, 2.45) is 0 Å². The molecule has 1 aliphatic rings. The Bertz CT molecular complexity index is 563. The van der Waals surface area contributed by atoms with Gasteiger partial charge in [0.2, 0.25) is 5.91 Å². The minimum absolute atomic E-state index is 0.0190. The first-order chi connectivity index (χ1) is 10.8. The van der Waals surface area contributed by atoms with Gasteiger partial charge in [0, 0.05) is 19.6 Å². The van der Waals surface area contributed by atoms with Gasteiger partial charge in [-0.05, 0) is 24.6 Å². The molecule has 1 heterocycles. The summed E-state index contributed by atoms with van der Waals surface area (Å²) in [6.07, 6.45) is -4.65. The van der Waals surface area contributed by atoms with Crippen molar-refractivity contribution in [1.82, 2.24) is 10.2 Å². The number of nitrogens with zero attached hydrogens (tertiary/aromatic N) is 1. The molecule has 1 amide bonds. The Kier molecular flexibility index (Phi) is 5.59. The van der Waals surface area contributed by atoms with Crippen LogP contribution in [-0.4, -0.2) is 43.2 Å². The summed E-state index contributed by atoms with van der Waals surface area (Å²) in [4.78, 5) is 13.7. The quantitative estimate of drug-likeness (QED) is 0.858. The molecule has 0 spiro atoms. The van der Waals surface area contributed by atoms with Crippen LogP contribution in [0.3, 0.4) is 0 Å². The number of alkyl halides is 3. The zero-order chi connectivity index (χ0) is 17.0. The normalized spacial score (nSPS) is 19.6. The molecule has 1 aromatic rings. The Labute approximate surface area is 131 Å². The second-order valence-electron chi connectivity index (χ2n) is 5.49. The first-order valence-corrected chi connectivity index (χ1v) is 7.22. The van der Waals surface area contributed by atoms with Gasteiger partial charge in [0.05, 0.1) is 24.8 Å². The summed E-state index contributed by atoms with van der Waals surface area (Å²) in [5, 5.41) is 2.45. The molecule has 0 radical (unpaired) electrons. The molecule has 1 aliphatic heterocycles. The molecular formula is C15H18F4N2O2. The Morgan fingerprint density at radius 1 is 1.43 bits per heavy atom. The second kappa shape index (κ2) is 7.27. The summed E-state index contributed by atoms with van der Waals surface area (Å²) in [6.45, 7) is 3.40. The molecule has 0 bridgehead atoms. The fraction of sp³-hybridized carbons (Fsp3) is 0.533. The van der Waals surface area contributed by atoms with Crippen molar-refractivity contribution >= 4 is 5.91 Å². The van der Waals surface area contributed by atoms with Crippen LogP contribution in [0, 0.1) is 5.82 Å². The topological polar surface area (TPSA) is 41.6 Å². The molecule has 2 rings (SSSR count). The standard InChI is InChI=1S/C15H18F4N2O2/c1-10-8-21(4-5-23-10)9-14(22)20-7-11-2-3-12(16)6-13(11)15(17,18)19/h2-3,6,10H,4-5,7-9H2,1H3,(H,20,22). The number of carbonyl (C=O) groups excluding carboxylic acids is 1. The minimum Gasteiger partial charge on any atom is -0.376 e. The average molecular weight is 334 g/mol. The van der Waals surface area contributed by atoms with Gasteiger partial charge in [-0.15, -0.1) is 0 Å². The van der Waals surface area contributed by atoms with E-state index in [4.69, 9.17) is 4.74 Å². The van der Waals surface area contributed by atoms with Crippen molar-refractivity contribution in [3.8, 4) is 0 Å². The van der Waals surface area contributed by atoms with Crippen molar-refractivity contribution in [2.45, 2.75) is 25.7 Å². The molecule has 1 N–H and O–H groups in total. The lowest BCUT2D eigenvalue weighted by Crippen LogP contribution is -2.46. The van der Waals surface area contributed by atoms with Crippen LogP contribution in [0.25, 0.3) is 0 Å². The smallest absolute Gasteiger partial charge is 0.376 e. The van der Waals surface area contributed by atoms with E-state index in [1.165, 1.54) is 0 Å². The van der Waals surface area contributed by atoms with Gasteiger partial charge in [0.25, 0.3) is 0 Å². The molecular weight excluding hydrogens is 316 g/mol. The molecule has 1 aromatic carbocycles. The number of carbonyl (C=O) groups is 1. The molecule has 0 saturated carbocycles. The van der Waals surface area contributed by atoms with Crippen LogP contribution < -0.4 is 5.32 Å². The summed E-state index contributed by atoms with van der Waals surface area (Å²) in [6, 6.07) is 2.42. The summed E-state index contributed by atoms with van der Waals surface area (Å²) < 4.78 is 57.0. The zero-order valence-corrected chi connectivity index (χ0v) is 12.6. The van der Waals surface area contributed by atoms with E-state index in [0.717, 1.165) is 12.1 Å². The van der Waals surface area contributed by atoms with Crippen LogP contribution >= 0.6 is 0 Å². The molecule has 128 valence electrons. The fourth-order valence-electron chi connectivity index (χ4n) is 2.45. The molecule has 23 heavy (non-hydrogen) atoms. The van der Waals surface area contributed by atoms with Gasteiger partial charge in [-0.2, -0.15) is 13.2 Å². The highest BCUT2D eigenvalue weighted by molar-refractivity contribution is 5.78. The zero-order valence-electron chi connectivity index (χ0n) is 12.6. The van der Waals surface area contributed by atoms with Crippen LogP contribution in [0.5, 0.6) is 0 Å². The summed E-state index contributed by atoms with van der Waals surface area (Å²) in [5.41, 5.74) is -1.24. The molecule has 0 aromatic heterocycles. The Balaban J connectivity index is 1.94. The number of benzene rings is 1. The maximum absolute atomic E-state index is 13.0. The summed E-state index contributed by atoms with van der Waals surface area (Å²) in [5.74, 6) is -1.34. The highest BCUT2D eigenvalue weighted by Crippen LogP contribution is 2.32. The van der Waals surface area contributed by atoms with E-state index < -0.39 is 17.6 Å². The second-order valence-corrected chi connectivity index (χ2v) is 5.49. The Hall–Kier alpha value is -1.67. The largest absolute Gasteiger partial charge is 0.416 e. The van der Waals surface area contributed by atoms with Crippen LogP contribution in [0.2, 0.25) is 0 Å². The third-order valence-corrected chi connectivity index (χ3v) is 3.55. The van der Waals surface area contributed by atoms with E-state index >= 15 is 0 Å². The summed E-state index contributed by atoms with van der Waals surface area (Å²) in [7, 11) is 0. The van der Waals surface area contributed by atoms with E-state index in [0.29, 0.717) is 25.8 Å². The SMILES string of the molecule is CC1CN(CC(=O)NCc2ccc(F)cc2C(F)(F)F)CCO1. The number of halogens is 4. The van der Waals surface area contributed by atoms with E-state index in [9.17, 15) is 22.4 Å². The van der Waals surface area contributed by atoms with Crippen LogP contribution in [-0.2, 0) is 22.3 Å². The minimum atomic E-state index is -4.66. The molecule has 4 nitrogen and oxygen atoms in total. The number of morpholine rings is 1. The van der Waals surface area contributed by atoms with E-state index in [1.54, 1.807) is 0 Å². The number of nitrogens with one attached hydrogen (secondary N) is 1. The molecule has 1 unspecified atom stereocenters. The number of ether oxygens (including phenoxy) is 1. The lowest BCUT2D eigenvalue weighted by molar-refractivity contribution is -0.138. The third-order valence-electron chi connectivity index (χ3n) is 3.55. The van der Waals surface area contributed by atoms with Crippen molar-refractivity contribution in [2.75, 3.05) is 26.2 Å². The first-order valence-electron chi connectivity index (χ1n) is 7.22. The molecule has 0 aliphatic carbocycles. The molecule has 1 atom stereocenters. The Morgan fingerprint density at radius 3 is 2.83 bits per heavy atom.